The Morgan fingerprint density at radius 2 is 1.77 bits per heavy atom. The highest BCUT2D eigenvalue weighted by atomic mass is 32.1. The van der Waals surface area contributed by atoms with Crippen LogP contribution in [0.3, 0.4) is 0 Å². The van der Waals surface area contributed by atoms with E-state index in [0.717, 1.165) is 16.0 Å². The number of ether oxygens (including phenoxy) is 1. The molecule has 0 aliphatic carbocycles. The third-order valence-electron chi connectivity index (χ3n) is 3.89. The zero-order chi connectivity index (χ0) is 18.5. The van der Waals surface area contributed by atoms with Crippen molar-refractivity contribution in [3.63, 3.8) is 0 Å². The minimum absolute atomic E-state index is 0.0777. The molecule has 5 heteroatoms. The predicted octanol–water partition coefficient (Wildman–Crippen LogP) is 5.12. The molecule has 0 saturated heterocycles. The van der Waals surface area contributed by atoms with Crippen molar-refractivity contribution in [1.82, 2.24) is 0 Å². The lowest BCUT2D eigenvalue weighted by Gasteiger charge is -2.22. The molecule has 0 fully saturated rings. The quantitative estimate of drug-likeness (QED) is 0.604. The van der Waals surface area contributed by atoms with Crippen molar-refractivity contribution in [2.24, 2.45) is 0 Å². The summed E-state index contributed by atoms with van der Waals surface area (Å²) in [5.74, 6) is 0.166. The van der Waals surface area contributed by atoms with Crippen molar-refractivity contribution in [1.29, 1.82) is 0 Å². The first-order valence-corrected chi connectivity index (χ1v) is 9.18. The largest absolute Gasteiger partial charge is 0.484 e. The maximum Gasteiger partial charge on any atom is 0.265 e. The number of thiophene rings is 1. The SMILES string of the molecule is Cc1cc(C)cc(OCC(=O)N(Cc2cccs2)c2ccc(F)cc2)c1. The Morgan fingerprint density at radius 1 is 1.08 bits per heavy atom. The second-order valence-electron chi connectivity index (χ2n) is 6.15. The minimum atomic E-state index is -0.330. The van der Waals surface area contributed by atoms with Gasteiger partial charge in [-0.25, -0.2) is 4.39 Å². The Morgan fingerprint density at radius 3 is 2.38 bits per heavy atom. The summed E-state index contributed by atoms with van der Waals surface area (Å²) >= 11 is 1.58. The zero-order valence-electron chi connectivity index (χ0n) is 14.7. The van der Waals surface area contributed by atoms with Gasteiger partial charge in [-0.3, -0.25) is 4.79 Å². The molecule has 0 radical (unpaired) electrons. The average Bonchev–Trinajstić information content (AvgIpc) is 3.11. The second kappa shape index (κ2) is 8.15. The summed E-state index contributed by atoms with van der Waals surface area (Å²) in [7, 11) is 0. The molecule has 3 rings (SSSR count). The van der Waals surface area contributed by atoms with E-state index in [1.807, 2.05) is 43.5 Å². The zero-order valence-corrected chi connectivity index (χ0v) is 15.6. The highest BCUT2D eigenvalue weighted by Gasteiger charge is 2.18. The Kier molecular flexibility index (Phi) is 5.68. The smallest absolute Gasteiger partial charge is 0.265 e. The Balaban J connectivity index is 1.76. The van der Waals surface area contributed by atoms with Gasteiger partial charge in [0.05, 0.1) is 6.54 Å². The molecule has 26 heavy (non-hydrogen) atoms. The number of anilines is 1. The molecule has 0 atom stereocenters. The summed E-state index contributed by atoms with van der Waals surface area (Å²) in [6.07, 6.45) is 0. The minimum Gasteiger partial charge on any atom is -0.484 e. The van der Waals surface area contributed by atoms with Crippen molar-refractivity contribution >= 4 is 22.9 Å². The van der Waals surface area contributed by atoms with E-state index in [1.165, 1.54) is 12.1 Å². The van der Waals surface area contributed by atoms with Crippen LogP contribution in [-0.2, 0) is 11.3 Å². The molecule has 134 valence electrons. The van der Waals surface area contributed by atoms with Gasteiger partial charge in [-0.05, 0) is 72.8 Å². The molecule has 1 heterocycles. The van der Waals surface area contributed by atoms with Crippen molar-refractivity contribution in [2.75, 3.05) is 11.5 Å². The highest BCUT2D eigenvalue weighted by molar-refractivity contribution is 7.09. The first-order chi connectivity index (χ1) is 12.5. The predicted molar refractivity (Wildman–Crippen MR) is 103 cm³/mol. The monoisotopic (exact) mass is 369 g/mol. The number of rotatable bonds is 6. The third-order valence-corrected chi connectivity index (χ3v) is 4.75. The fraction of sp³-hybridized carbons (Fsp3) is 0.190. The molecule has 0 aliphatic heterocycles. The van der Waals surface area contributed by atoms with Gasteiger partial charge in [-0.15, -0.1) is 11.3 Å². The lowest BCUT2D eigenvalue weighted by molar-refractivity contribution is -0.120. The number of carbonyl (C=O) groups is 1. The summed E-state index contributed by atoms with van der Waals surface area (Å²) in [5, 5.41) is 1.97. The van der Waals surface area contributed by atoms with Gasteiger partial charge in [0, 0.05) is 10.6 Å². The van der Waals surface area contributed by atoms with Gasteiger partial charge < -0.3 is 9.64 Å². The number of amides is 1. The van der Waals surface area contributed by atoms with Crippen molar-refractivity contribution in [3.05, 3.63) is 81.8 Å². The van der Waals surface area contributed by atoms with Crippen molar-refractivity contribution in [3.8, 4) is 5.75 Å². The Hall–Kier alpha value is -2.66. The molecule has 1 amide bonds. The van der Waals surface area contributed by atoms with Crippen LogP contribution in [0.15, 0.2) is 60.0 Å². The molecule has 0 N–H and O–H groups in total. The maximum atomic E-state index is 13.2. The maximum absolute atomic E-state index is 13.2. The number of halogens is 1. The van der Waals surface area contributed by atoms with Crippen LogP contribution in [0.4, 0.5) is 10.1 Å². The molecule has 0 aliphatic rings. The average molecular weight is 369 g/mol. The Bertz CT molecular complexity index is 855. The highest BCUT2D eigenvalue weighted by Crippen LogP contribution is 2.21. The molecule has 2 aromatic carbocycles. The molecule has 1 aromatic heterocycles. The van der Waals surface area contributed by atoms with Crippen LogP contribution < -0.4 is 9.64 Å². The van der Waals surface area contributed by atoms with Crippen LogP contribution in [0.5, 0.6) is 5.75 Å². The van der Waals surface area contributed by atoms with E-state index in [-0.39, 0.29) is 18.3 Å². The van der Waals surface area contributed by atoms with Crippen LogP contribution >= 0.6 is 11.3 Å². The molecular weight excluding hydrogens is 349 g/mol. The van der Waals surface area contributed by atoms with Gasteiger partial charge >= 0.3 is 0 Å². The number of benzene rings is 2. The molecule has 3 aromatic rings. The third kappa shape index (κ3) is 4.70. The standard InChI is InChI=1S/C21H20FNO2S/c1-15-10-16(2)12-19(11-15)25-14-21(24)23(13-20-4-3-9-26-20)18-7-5-17(22)6-8-18/h3-12H,13-14H2,1-2H3. The number of carbonyl (C=O) groups excluding carboxylic acids is 1. The fourth-order valence-corrected chi connectivity index (χ4v) is 3.43. The lowest BCUT2D eigenvalue weighted by Crippen LogP contribution is -2.34. The van der Waals surface area contributed by atoms with Crippen LogP contribution in [0, 0.1) is 19.7 Å². The number of aryl methyl sites for hydroxylation is 2. The molecular formula is C21H20FNO2S. The van der Waals surface area contributed by atoms with Gasteiger partial charge in [-0.2, -0.15) is 0 Å². The van der Waals surface area contributed by atoms with Crippen LogP contribution in [0.2, 0.25) is 0 Å². The summed E-state index contributed by atoms with van der Waals surface area (Å²) in [4.78, 5) is 15.5. The molecule has 3 nitrogen and oxygen atoms in total. The number of hydrogen-bond donors (Lipinski definition) is 0. The van der Waals surface area contributed by atoms with Gasteiger partial charge in [0.2, 0.25) is 0 Å². The lowest BCUT2D eigenvalue weighted by atomic mass is 10.1. The molecule has 0 spiro atoms. The summed E-state index contributed by atoms with van der Waals surface area (Å²) < 4.78 is 19.0. The van der Waals surface area contributed by atoms with E-state index >= 15 is 0 Å². The first kappa shape index (κ1) is 18.1. The first-order valence-electron chi connectivity index (χ1n) is 8.31. The normalized spacial score (nSPS) is 10.6. The van der Waals surface area contributed by atoms with E-state index in [2.05, 4.69) is 6.07 Å². The van der Waals surface area contributed by atoms with E-state index in [1.54, 1.807) is 28.4 Å². The number of nitrogens with zero attached hydrogens (tertiary/aromatic N) is 1. The second-order valence-corrected chi connectivity index (χ2v) is 7.18. The van der Waals surface area contributed by atoms with Gasteiger partial charge in [0.25, 0.3) is 5.91 Å². The van der Waals surface area contributed by atoms with Crippen LogP contribution in [0.25, 0.3) is 0 Å². The summed E-state index contributed by atoms with van der Waals surface area (Å²) in [6, 6.07) is 15.7. The van der Waals surface area contributed by atoms with Crippen LogP contribution in [0.1, 0.15) is 16.0 Å². The van der Waals surface area contributed by atoms with Gasteiger partial charge in [0.15, 0.2) is 6.61 Å². The molecule has 0 saturated carbocycles. The van der Waals surface area contributed by atoms with E-state index in [4.69, 9.17) is 4.74 Å². The van der Waals surface area contributed by atoms with Crippen molar-refractivity contribution < 1.29 is 13.9 Å². The fourth-order valence-electron chi connectivity index (χ4n) is 2.74. The molecule has 0 unspecified atom stereocenters. The van der Waals surface area contributed by atoms with Crippen LogP contribution in [-0.4, -0.2) is 12.5 Å². The topological polar surface area (TPSA) is 29.5 Å². The summed E-state index contributed by atoms with van der Waals surface area (Å²) in [6.45, 7) is 4.33. The number of hydrogen-bond acceptors (Lipinski definition) is 3. The Labute approximate surface area is 156 Å². The van der Waals surface area contributed by atoms with E-state index in [9.17, 15) is 9.18 Å². The van der Waals surface area contributed by atoms with E-state index < -0.39 is 0 Å². The van der Waals surface area contributed by atoms with Gasteiger partial charge in [0.1, 0.15) is 11.6 Å². The summed E-state index contributed by atoms with van der Waals surface area (Å²) in [5.41, 5.74) is 2.82. The van der Waals surface area contributed by atoms with E-state index in [0.29, 0.717) is 18.0 Å². The molecule has 0 bridgehead atoms. The van der Waals surface area contributed by atoms with Crippen molar-refractivity contribution in [2.45, 2.75) is 20.4 Å². The van der Waals surface area contributed by atoms with Gasteiger partial charge in [-0.1, -0.05) is 12.1 Å².